The highest BCUT2D eigenvalue weighted by molar-refractivity contribution is 5.75. The summed E-state index contributed by atoms with van der Waals surface area (Å²) < 4.78 is 0. The lowest BCUT2D eigenvalue weighted by molar-refractivity contribution is -0.132. The summed E-state index contributed by atoms with van der Waals surface area (Å²) in [5.41, 5.74) is 0.644. The largest absolute Gasteiger partial charge is 0.343 e. The lowest BCUT2D eigenvalue weighted by Crippen LogP contribution is -2.46. The Morgan fingerprint density at radius 3 is 2.15 bits per heavy atom. The summed E-state index contributed by atoms with van der Waals surface area (Å²) >= 11 is 0. The molecule has 1 heterocycles. The average molecular weight is 282 g/mol. The van der Waals surface area contributed by atoms with Gasteiger partial charge in [-0.1, -0.05) is 27.7 Å². The molecule has 20 heavy (non-hydrogen) atoms. The lowest BCUT2D eigenvalue weighted by Gasteiger charge is -2.38. The van der Waals surface area contributed by atoms with Crippen LogP contribution in [0.15, 0.2) is 0 Å². The summed E-state index contributed by atoms with van der Waals surface area (Å²) in [5.74, 6) is 0.323. The van der Waals surface area contributed by atoms with Crippen molar-refractivity contribution in [1.82, 2.24) is 9.80 Å². The third kappa shape index (κ3) is 4.47. The second kappa shape index (κ2) is 8.02. The number of rotatable bonds is 5. The van der Waals surface area contributed by atoms with Crippen LogP contribution in [0, 0.1) is 5.41 Å². The number of nitrogens with zero attached hydrogens (tertiary/aromatic N) is 2. The van der Waals surface area contributed by atoms with Gasteiger partial charge in [0.05, 0.1) is 0 Å². The van der Waals surface area contributed by atoms with Crippen molar-refractivity contribution in [2.75, 3.05) is 26.7 Å². The van der Waals surface area contributed by atoms with Gasteiger partial charge in [0.25, 0.3) is 0 Å². The van der Waals surface area contributed by atoms with E-state index in [9.17, 15) is 4.79 Å². The van der Waals surface area contributed by atoms with Gasteiger partial charge in [0.1, 0.15) is 0 Å². The summed E-state index contributed by atoms with van der Waals surface area (Å²) in [4.78, 5) is 16.2. The molecule has 0 atom stereocenters. The molecular weight excluding hydrogens is 248 g/mol. The molecular formula is C17H34N2O. The molecule has 2 fully saturated rings. The van der Waals surface area contributed by atoms with Crippen molar-refractivity contribution in [3.8, 4) is 0 Å². The third-order valence-electron chi connectivity index (χ3n) is 5.03. The van der Waals surface area contributed by atoms with Gasteiger partial charge < -0.3 is 9.80 Å². The first-order valence-corrected chi connectivity index (χ1v) is 8.58. The summed E-state index contributed by atoms with van der Waals surface area (Å²) in [5, 5.41) is 0. The molecule has 1 aliphatic heterocycles. The van der Waals surface area contributed by atoms with Crippen molar-refractivity contribution < 1.29 is 4.79 Å². The number of carbonyl (C=O) groups is 1. The third-order valence-corrected chi connectivity index (χ3v) is 5.03. The normalized spacial score (nSPS) is 21.4. The molecule has 1 amide bonds. The first kappa shape index (κ1) is 17.5. The van der Waals surface area contributed by atoms with Crippen molar-refractivity contribution in [1.29, 1.82) is 0 Å². The maximum absolute atomic E-state index is 11.6. The number of hydrogen-bond acceptors (Lipinski definition) is 2. The van der Waals surface area contributed by atoms with E-state index in [-0.39, 0.29) is 0 Å². The van der Waals surface area contributed by atoms with Crippen LogP contribution in [0.2, 0.25) is 0 Å². The van der Waals surface area contributed by atoms with E-state index < -0.39 is 0 Å². The quantitative estimate of drug-likeness (QED) is 0.770. The Morgan fingerprint density at radius 1 is 1.20 bits per heavy atom. The molecule has 2 rings (SSSR count). The molecule has 3 heteroatoms. The predicted octanol–water partition coefficient (Wildman–Crippen LogP) is 3.54. The Balaban J connectivity index is 0.000000956. The van der Waals surface area contributed by atoms with Gasteiger partial charge in [-0.05, 0) is 44.6 Å². The van der Waals surface area contributed by atoms with E-state index in [4.69, 9.17) is 0 Å². The molecule has 0 bridgehead atoms. The number of carbonyl (C=O) groups excluding carboxylic acids is 1. The fourth-order valence-corrected chi connectivity index (χ4v) is 3.24. The Hall–Kier alpha value is -0.570. The Kier molecular flexibility index (Phi) is 7.01. The zero-order valence-corrected chi connectivity index (χ0v) is 14.2. The molecule has 0 unspecified atom stereocenters. The number of likely N-dealkylation sites (tertiary alicyclic amines) is 1. The summed E-state index contributed by atoms with van der Waals surface area (Å²) in [6.07, 6.45) is 7.12. The SMILES string of the molecule is CC.CCC(=O)N1CCC(N(C)CC2(CC)CC2)CC1. The van der Waals surface area contributed by atoms with Gasteiger partial charge in [-0.25, -0.2) is 0 Å². The fraction of sp³-hybridized carbons (Fsp3) is 0.941. The van der Waals surface area contributed by atoms with E-state index in [0.29, 0.717) is 23.8 Å². The number of piperidine rings is 1. The van der Waals surface area contributed by atoms with E-state index in [2.05, 4.69) is 18.9 Å². The van der Waals surface area contributed by atoms with Crippen LogP contribution in [-0.4, -0.2) is 48.4 Å². The van der Waals surface area contributed by atoms with Crippen LogP contribution >= 0.6 is 0 Å². The van der Waals surface area contributed by atoms with E-state index >= 15 is 0 Å². The van der Waals surface area contributed by atoms with E-state index in [1.54, 1.807) is 0 Å². The molecule has 0 spiro atoms. The fourth-order valence-electron chi connectivity index (χ4n) is 3.24. The van der Waals surface area contributed by atoms with E-state index in [1.165, 1.54) is 25.8 Å². The van der Waals surface area contributed by atoms with Gasteiger partial charge in [0, 0.05) is 32.1 Å². The van der Waals surface area contributed by atoms with Gasteiger partial charge in [-0.2, -0.15) is 0 Å². The molecule has 0 aromatic carbocycles. The van der Waals surface area contributed by atoms with Crippen LogP contribution in [0.25, 0.3) is 0 Å². The van der Waals surface area contributed by atoms with Crippen LogP contribution in [0.1, 0.15) is 66.2 Å². The number of amides is 1. The molecule has 3 nitrogen and oxygen atoms in total. The predicted molar refractivity (Wildman–Crippen MR) is 85.8 cm³/mol. The maximum Gasteiger partial charge on any atom is 0.222 e. The topological polar surface area (TPSA) is 23.6 Å². The van der Waals surface area contributed by atoms with Crippen molar-refractivity contribution in [2.45, 2.75) is 72.3 Å². The van der Waals surface area contributed by atoms with Gasteiger partial charge in [-0.15, -0.1) is 0 Å². The molecule has 0 aromatic heterocycles. The van der Waals surface area contributed by atoms with Crippen LogP contribution in [0.4, 0.5) is 0 Å². The summed E-state index contributed by atoms with van der Waals surface area (Å²) in [6.45, 7) is 11.5. The summed E-state index contributed by atoms with van der Waals surface area (Å²) in [6, 6.07) is 0.690. The van der Waals surface area contributed by atoms with Gasteiger partial charge >= 0.3 is 0 Å². The van der Waals surface area contributed by atoms with Gasteiger partial charge in [0.2, 0.25) is 5.91 Å². The maximum atomic E-state index is 11.6. The highest BCUT2D eigenvalue weighted by Crippen LogP contribution is 2.49. The minimum atomic E-state index is 0.323. The lowest BCUT2D eigenvalue weighted by atomic mass is 9.98. The first-order valence-electron chi connectivity index (χ1n) is 8.58. The highest BCUT2D eigenvalue weighted by Gasteiger charge is 2.42. The molecule has 0 radical (unpaired) electrons. The van der Waals surface area contributed by atoms with Crippen LogP contribution in [0.3, 0.4) is 0 Å². The monoisotopic (exact) mass is 282 g/mol. The van der Waals surface area contributed by atoms with Crippen LogP contribution < -0.4 is 0 Å². The second-order valence-electron chi connectivity index (χ2n) is 6.23. The van der Waals surface area contributed by atoms with Crippen LogP contribution in [-0.2, 0) is 4.79 Å². The van der Waals surface area contributed by atoms with Gasteiger partial charge in [0.15, 0.2) is 0 Å². The molecule has 1 saturated carbocycles. The Labute approximate surface area is 125 Å². The second-order valence-corrected chi connectivity index (χ2v) is 6.23. The molecule has 0 aromatic rings. The van der Waals surface area contributed by atoms with E-state index in [1.807, 2.05) is 25.7 Å². The smallest absolute Gasteiger partial charge is 0.222 e. The number of hydrogen-bond donors (Lipinski definition) is 0. The first-order chi connectivity index (χ1) is 9.60. The van der Waals surface area contributed by atoms with Crippen molar-refractivity contribution in [3.63, 3.8) is 0 Å². The average Bonchev–Trinajstić information content (AvgIpc) is 3.28. The van der Waals surface area contributed by atoms with Crippen LogP contribution in [0.5, 0.6) is 0 Å². The molecule has 118 valence electrons. The molecule has 0 N–H and O–H groups in total. The molecule has 1 saturated heterocycles. The molecule has 2 aliphatic rings. The molecule has 1 aliphatic carbocycles. The Morgan fingerprint density at radius 2 is 1.75 bits per heavy atom. The van der Waals surface area contributed by atoms with Crippen molar-refractivity contribution >= 4 is 5.91 Å². The minimum absolute atomic E-state index is 0.323. The van der Waals surface area contributed by atoms with E-state index in [0.717, 1.165) is 25.9 Å². The summed E-state index contributed by atoms with van der Waals surface area (Å²) in [7, 11) is 2.28. The zero-order valence-electron chi connectivity index (χ0n) is 14.2. The Bertz CT molecular complexity index is 291. The standard InChI is InChI=1S/C15H28N2O.C2H6/c1-4-14(18)17-10-6-13(7-11-17)16(3)12-15(5-2)8-9-15;1-2/h13H,4-12H2,1-3H3;1-2H3. The van der Waals surface area contributed by atoms with Crippen molar-refractivity contribution in [2.24, 2.45) is 5.41 Å². The minimum Gasteiger partial charge on any atom is -0.343 e. The zero-order chi connectivity index (χ0) is 15.2. The van der Waals surface area contributed by atoms with Gasteiger partial charge in [-0.3, -0.25) is 4.79 Å². The van der Waals surface area contributed by atoms with Crippen molar-refractivity contribution in [3.05, 3.63) is 0 Å². The highest BCUT2D eigenvalue weighted by atomic mass is 16.2.